The van der Waals surface area contributed by atoms with Gasteiger partial charge in [0.2, 0.25) is 5.91 Å². The lowest BCUT2D eigenvalue weighted by Crippen LogP contribution is -2.61. The van der Waals surface area contributed by atoms with Crippen molar-refractivity contribution in [2.24, 2.45) is 11.7 Å². The molecule has 6 heteroatoms. The first-order chi connectivity index (χ1) is 8.25. The van der Waals surface area contributed by atoms with E-state index in [0.717, 1.165) is 0 Å². The molecule has 18 heavy (non-hydrogen) atoms. The Labute approximate surface area is 107 Å². The normalized spacial score (nSPS) is 24.3. The number of nitrogens with two attached hydrogens (primary N) is 1. The number of hydrogen-bond donors (Lipinski definition) is 1. The summed E-state index contributed by atoms with van der Waals surface area (Å²) < 4.78 is 0. The molecule has 0 spiro atoms. The molecule has 0 unspecified atom stereocenters. The predicted octanol–water partition coefficient (Wildman–Crippen LogP) is -0.424. The molecule has 0 saturated carbocycles. The van der Waals surface area contributed by atoms with Gasteiger partial charge >= 0.3 is 11.8 Å². The highest BCUT2D eigenvalue weighted by Gasteiger charge is 2.36. The molecule has 1 heterocycles. The predicted molar refractivity (Wildman–Crippen MR) is 66.4 cm³/mol. The van der Waals surface area contributed by atoms with Crippen LogP contribution in [0.5, 0.6) is 0 Å². The van der Waals surface area contributed by atoms with Crippen LogP contribution in [0, 0.1) is 5.92 Å². The lowest BCUT2D eigenvalue weighted by atomic mass is 10.1. The van der Waals surface area contributed by atoms with Gasteiger partial charge in [0.25, 0.3) is 0 Å². The van der Waals surface area contributed by atoms with Crippen LogP contribution in [0.3, 0.4) is 0 Å². The Balaban J connectivity index is 2.80. The number of carbonyl (C=O) groups is 3. The molecule has 0 radical (unpaired) electrons. The van der Waals surface area contributed by atoms with Crippen LogP contribution in [0.2, 0.25) is 0 Å². The fourth-order valence-electron chi connectivity index (χ4n) is 2.19. The first-order valence-corrected chi connectivity index (χ1v) is 6.16. The fourth-order valence-corrected chi connectivity index (χ4v) is 2.19. The van der Waals surface area contributed by atoms with Gasteiger partial charge in [-0.3, -0.25) is 14.4 Å². The molecular weight excluding hydrogens is 234 g/mol. The van der Waals surface area contributed by atoms with Crippen molar-refractivity contribution in [2.75, 3.05) is 13.1 Å². The van der Waals surface area contributed by atoms with E-state index in [2.05, 4.69) is 0 Å². The summed E-state index contributed by atoms with van der Waals surface area (Å²) in [6, 6.07) is -0.289. The van der Waals surface area contributed by atoms with E-state index in [0.29, 0.717) is 13.1 Å². The van der Waals surface area contributed by atoms with Gasteiger partial charge in [0, 0.05) is 31.1 Å². The number of nitrogens with zero attached hydrogens (tertiary/aromatic N) is 2. The molecule has 102 valence electrons. The third kappa shape index (κ3) is 2.80. The largest absolute Gasteiger partial charge is 0.361 e. The molecular formula is C12H21N3O3. The molecule has 0 aromatic carbocycles. The Hall–Kier alpha value is -1.59. The van der Waals surface area contributed by atoms with Gasteiger partial charge < -0.3 is 15.5 Å². The van der Waals surface area contributed by atoms with Gasteiger partial charge in [-0.1, -0.05) is 13.8 Å². The maximum Gasteiger partial charge on any atom is 0.312 e. The third-order valence-corrected chi connectivity index (χ3v) is 3.23. The molecule has 6 nitrogen and oxygen atoms in total. The smallest absolute Gasteiger partial charge is 0.312 e. The minimum Gasteiger partial charge on any atom is -0.361 e. The highest BCUT2D eigenvalue weighted by Crippen LogP contribution is 2.17. The van der Waals surface area contributed by atoms with Crippen LogP contribution >= 0.6 is 0 Å². The average molecular weight is 255 g/mol. The van der Waals surface area contributed by atoms with E-state index in [-0.39, 0.29) is 23.9 Å². The second-order valence-corrected chi connectivity index (χ2v) is 5.17. The molecule has 0 bridgehead atoms. The zero-order valence-electron chi connectivity index (χ0n) is 11.3. The van der Waals surface area contributed by atoms with E-state index in [4.69, 9.17) is 5.73 Å². The minimum atomic E-state index is -0.947. The summed E-state index contributed by atoms with van der Waals surface area (Å²) in [5.41, 5.74) is 5.01. The first kappa shape index (κ1) is 14.5. The second-order valence-electron chi connectivity index (χ2n) is 5.17. The van der Waals surface area contributed by atoms with Crippen molar-refractivity contribution in [1.82, 2.24) is 9.80 Å². The summed E-state index contributed by atoms with van der Waals surface area (Å²) in [6.45, 7) is 8.17. The Morgan fingerprint density at radius 1 is 1.06 bits per heavy atom. The quantitative estimate of drug-likeness (QED) is 0.646. The SMILES string of the molecule is CC(C)C(=O)N1C[C@H](C)N(C(=O)C(N)=O)C[C@H]1C. The highest BCUT2D eigenvalue weighted by molar-refractivity contribution is 6.34. The van der Waals surface area contributed by atoms with Crippen LogP contribution in [-0.4, -0.2) is 52.7 Å². The van der Waals surface area contributed by atoms with Crippen LogP contribution in [0.25, 0.3) is 0 Å². The lowest BCUT2D eigenvalue weighted by Gasteiger charge is -2.44. The third-order valence-electron chi connectivity index (χ3n) is 3.23. The van der Waals surface area contributed by atoms with Crippen molar-refractivity contribution in [2.45, 2.75) is 39.8 Å². The second kappa shape index (κ2) is 5.37. The molecule has 1 aliphatic heterocycles. The van der Waals surface area contributed by atoms with Crippen LogP contribution in [-0.2, 0) is 14.4 Å². The molecule has 2 atom stereocenters. The molecule has 3 amide bonds. The van der Waals surface area contributed by atoms with E-state index in [1.54, 1.807) is 4.90 Å². The van der Waals surface area contributed by atoms with Gasteiger partial charge in [0.15, 0.2) is 0 Å². The van der Waals surface area contributed by atoms with Crippen molar-refractivity contribution in [3.63, 3.8) is 0 Å². The van der Waals surface area contributed by atoms with E-state index in [1.807, 2.05) is 27.7 Å². The number of primary amides is 1. The number of hydrogen-bond acceptors (Lipinski definition) is 3. The molecule has 2 N–H and O–H groups in total. The van der Waals surface area contributed by atoms with E-state index >= 15 is 0 Å². The average Bonchev–Trinajstić information content (AvgIpc) is 2.29. The summed E-state index contributed by atoms with van der Waals surface area (Å²) in [6.07, 6.45) is 0. The molecule has 1 aliphatic rings. The van der Waals surface area contributed by atoms with E-state index < -0.39 is 11.8 Å². The van der Waals surface area contributed by atoms with E-state index in [9.17, 15) is 14.4 Å². The van der Waals surface area contributed by atoms with Gasteiger partial charge in [-0.05, 0) is 13.8 Å². The summed E-state index contributed by atoms with van der Waals surface area (Å²) in [5, 5.41) is 0. The number of piperazine rings is 1. The molecule has 1 rings (SSSR count). The Morgan fingerprint density at radius 2 is 1.50 bits per heavy atom. The summed E-state index contributed by atoms with van der Waals surface area (Å²) in [7, 11) is 0. The van der Waals surface area contributed by atoms with Crippen molar-refractivity contribution < 1.29 is 14.4 Å². The maximum atomic E-state index is 12.0. The monoisotopic (exact) mass is 255 g/mol. The van der Waals surface area contributed by atoms with Crippen LogP contribution in [0.4, 0.5) is 0 Å². The van der Waals surface area contributed by atoms with Crippen LogP contribution in [0.15, 0.2) is 0 Å². The van der Waals surface area contributed by atoms with Gasteiger partial charge in [0.05, 0.1) is 0 Å². The molecule has 1 fully saturated rings. The molecule has 0 aliphatic carbocycles. The van der Waals surface area contributed by atoms with Gasteiger partial charge in [-0.15, -0.1) is 0 Å². The van der Waals surface area contributed by atoms with Crippen molar-refractivity contribution in [3.8, 4) is 0 Å². The van der Waals surface area contributed by atoms with Gasteiger partial charge in [-0.2, -0.15) is 0 Å². The Morgan fingerprint density at radius 3 is 1.94 bits per heavy atom. The van der Waals surface area contributed by atoms with Gasteiger partial charge in [-0.25, -0.2) is 0 Å². The minimum absolute atomic E-state index is 0.0699. The molecule has 0 aromatic heterocycles. The molecule has 0 aromatic rings. The number of rotatable bonds is 1. The Kier molecular flexibility index (Phi) is 4.32. The zero-order valence-corrected chi connectivity index (χ0v) is 11.3. The van der Waals surface area contributed by atoms with Crippen molar-refractivity contribution >= 4 is 17.7 Å². The summed E-state index contributed by atoms with van der Waals surface area (Å²) >= 11 is 0. The Bertz CT molecular complexity index is 368. The van der Waals surface area contributed by atoms with Crippen molar-refractivity contribution in [3.05, 3.63) is 0 Å². The van der Waals surface area contributed by atoms with Crippen LogP contribution in [0.1, 0.15) is 27.7 Å². The zero-order chi connectivity index (χ0) is 14.0. The topological polar surface area (TPSA) is 83.7 Å². The highest BCUT2D eigenvalue weighted by atomic mass is 16.2. The standard InChI is InChI=1S/C12H21N3O3/c1-7(2)11(17)14-5-9(4)15(6-8(14)3)12(18)10(13)16/h7-9H,5-6H2,1-4H3,(H2,13,16)/t8-,9+/m1/s1. The fraction of sp³-hybridized carbons (Fsp3) is 0.750. The number of amides is 3. The summed E-state index contributed by atoms with van der Waals surface area (Å²) in [4.78, 5) is 37.7. The molecule has 1 saturated heterocycles. The maximum absolute atomic E-state index is 12.0. The van der Waals surface area contributed by atoms with E-state index in [1.165, 1.54) is 4.90 Å². The van der Waals surface area contributed by atoms with Crippen molar-refractivity contribution in [1.29, 1.82) is 0 Å². The number of carbonyl (C=O) groups excluding carboxylic acids is 3. The van der Waals surface area contributed by atoms with Crippen LogP contribution < -0.4 is 5.73 Å². The first-order valence-electron chi connectivity index (χ1n) is 6.16. The van der Waals surface area contributed by atoms with Gasteiger partial charge in [0.1, 0.15) is 0 Å². The lowest BCUT2D eigenvalue weighted by molar-refractivity contribution is -0.152. The summed E-state index contributed by atoms with van der Waals surface area (Å²) in [5.74, 6) is -1.62.